The number of methoxy groups -OCH3 is 1. The fraction of sp³-hybridized carbons (Fsp3) is 0.222. The Labute approximate surface area is 80.2 Å². The Morgan fingerprint density at radius 2 is 2.36 bits per heavy atom. The predicted octanol–water partition coefficient (Wildman–Crippen LogP) is 1.07. The third kappa shape index (κ3) is 1.18. The molecule has 2 aliphatic rings. The van der Waals surface area contributed by atoms with E-state index >= 15 is 0 Å². The number of hydrogen-bond donors (Lipinski definition) is 0. The molecule has 0 N–H and O–H groups in total. The van der Waals surface area contributed by atoms with E-state index in [1.807, 2.05) is 0 Å². The van der Waals surface area contributed by atoms with Gasteiger partial charge in [0.25, 0.3) is 5.70 Å². The zero-order chi connectivity index (χ0) is 10.1. The van der Waals surface area contributed by atoms with E-state index in [9.17, 15) is 10.1 Å². The van der Waals surface area contributed by atoms with Crippen molar-refractivity contribution < 1.29 is 9.66 Å². The number of nitro groups is 1. The summed E-state index contributed by atoms with van der Waals surface area (Å²) in [5.41, 5.74) is 1.23. The van der Waals surface area contributed by atoms with Gasteiger partial charge in [-0.15, -0.1) is 0 Å². The number of hydrogen-bond acceptors (Lipinski definition) is 4. The first-order valence-corrected chi connectivity index (χ1v) is 4.08. The van der Waals surface area contributed by atoms with Gasteiger partial charge in [0.1, 0.15) is 0 Å². The molecular weight excluding hydrogens is 184 g/mol. The van der Waals surface area contributed by atoms with Crippen LogP contribution in [-0.2, 0) is 4.74 Å². The third-order valence-corrected chi connectivity index (χ3v) is 2.16. The van der Waals surface area contributed by atoms with E-state index in [1.54, 1.807) is 24.4 Å². The van der Waals surface area contributed by atoms with Crippen LogP contribution in [-0.4, -0.2) is 23.8 Å². The van der Waals surface area contributed by atoms with Crippen molar-refractivity contribution in [3.05, 3.63) is 45.8 Å². The number of fused-ring (bicyclic) bond motifs is 1. The van der Waals surface area contributed by atoms with Crippen LogP contribution in [0.2, 0.25) is 0 Å². The lowest BCUT2D eigenvalue weighted by molar-refractivity contribution is -0.435. The molecule has 0 aromatic carbocycles. The van der Waals surface area contributed by atoms with Crippen LogP contribution in [0.1, 0.15) is 0 Å². The molecule has 0 unspecified atom stereocenters. The van der Waals surface area contributed by atoms with Crippen molar-refractivity contribution in [3.8, 4) is 0 Å². The summed E-state index contributed by atoms with van der Waals surface area (Å²) in [6, 6.07) is 0. The minimum absolute atomic E-state index is 0.0579. The van der Waals surface area contributed by atoms with Crippen LogP contribution >= 0.6 is 0 Å². The maximum absolute atomic E-state index is 10.8. The lowest BCUT2D eigenvalue weighted by atomic mass is 10.00. The molecule has 5 nitrogen and oxygen atoms in total. The van der Waals surface area contributed by atoms with Gasteiger partial charge in [0.15, 0.2) is 6.10 Å². The van der Waals surface area contributed by atoms with E-state index in [2.05, 4.69) is 4.99 Å². The van der Waals surface area contributed by atoms with Gasteiger partial charge in [-0.2, -0.15) is 0 Å². The van der Waals surface area contributed by atoms with Crippen molar-refractivity contribution in [2.24, 2.45) is 4.99 Å². The molecule has 5 heteroatoms. The monoisotopic (exact) mass is 192 g/mol. The standard InChI is InChI=1S/C9H8N2O3/c1-14-8-3-2-7-6(4-5-10-7)9(8)11(12)13/h2-5,8H,1H3/t8-/m1/s1. The first kappa shape index (κ1) is 8.83. The first-order valence-electron chi connectivity index (χ1n) is 4.08. The number of rotatable bonds is 2. The van der Waals surface area contributed by atoms with E-state index < -0.39 is 11.0 Å². The van der Waals surface area contributed by atoms with Gasteiger partial charge in [-0.3, -0.25) is 15.1 Å². The van der Waals surface area contributed by atoms with Crippen molar-refractivity contribution in [2.75, 3.05) is 7.11 Å². The smallest absolute Gasteiger partial charge is 0.288 e. The molecule has 1 aliphatic heterocycles. The SMILES string of the molecule is CO[C@@H]1C=CC2=NC=CC2=C1[N+](=O)[O-]. The van der Waals surface area contributed by atoms with Crippen LogP contribution < -0.4 is 0 Å². The highest BCUT2D eigenvalue weighted by molar-refractivity contribution is 6.13. The first-order chi connectivity index (χ1) is 6.74. The van der Waals surface area contributed by atoms with Crippen LogP contribution in [0.15, 0.2) is 40.7 Å². The second-order valence-electron chi connectivity index (χ2n) is 2.90. The van der Waals surface area contributed by atoms with Gasteiger partial charge in [0, 0.05) is 13.3 Å². The maximum atomic E-state index is 10.8. The molecule has 0 fully saturated rings. The average molecular weight is 192 g/mol. The quantitative estimate of drug-likeness (QED) is 0.485. The average Bonchev–Trinajstić information content (AvgIpc) is 2.62. The number of aliphatic imine (C=N–C) groups is 1. The number of allylic oxidation sites excluding steroid dienone is 3. The third-order valence-electron chi connectivity index (χ3n) is 2.16. The Bertz CT molecular complexity index is 404. The van der Waals surface area contributed by atoms with Gasteiger partial charge in [0.05, 0.1) is 16.2 Å². The summed E-state index contributed by atoms with van der Waals surface area (Å²) in [4.78, 5) is 14.4. The molecule has 1 atom stereocenters. The normalized spacial score (nSPS) is 23.8. The maximum Gasteiger partial charge on any atom is 0.288 e. The summed E-state index contributed by atoms with van der Waals surface area (Å²) in [6.45, 7) is 0. The number of ether oxygens (including phenoxy) is 1. The molecule has 14 heavy (non-hydrogen) atoms. The Balaban J connectivity index is 2.51. The molecule has 0 saturated carbocycles. The van der Waals surface area contributed by atoms with E-state index in [0.717, 1.165) is 0 Å². The molecule has 0 amide bonds. The molecule has 0 radical (unpaired) electrons. The van der Waals surface area contributed by atoms with Crippen LogP contribution in [0.4, 0.5) is 0 Å². The van der Waals surface area contributed by atoms with Crippen LogP contribution in [0, 0.1) is 10.1 Å². The zero-order valence-electron chi connectivity index (χ0n) is 7.51. The lowest BCUT2D eigenvalue weighted by Gasteiger charge is -2.14. The summed E-state index contributed by atoms with van der Waals surface area (Å²) in [7, 11) is 1.44. The molecule has 72 valence electrons. The summed E-state index contributed by atoms with van der Waals surface area (Å²) in [5.74, 6) is 0. The van der Waals surface area contributed by atoms with Gasteiger partial charge in [0.2, 0.25) is 0 Å². The summed E-state index contributed by atoms with van der Waals surface area (Å²) < 4.78 is 5.00. The molecule has 0 spiro atoms. The topological polar surface area (TPSA) is 64.7 Å². The summed E-state index contributed by atoms with van der Waals surface area (Å²) in [5, 5.41) is 10.8. The molecular formula is C9H8N2O3. The van der Waals surface area contributed by atoms with Gasteiger partial charge >= 0.3 is 0 Å². The van der Waals surface area contributed by atoms with Crippen LogP contribution in [0.3, 0.4) is 0 Å². The second kappa shape index (κ2) is 3.19. The molecule has 0 bridgehead atoms. The summed E-state index contributed by atoms with van der Waals surface area (Å²) >= 11 is 0. The van der Waals surface area contributed by atoms with Crippen molar-refractivity contribution in [2.45, 2.75) is 6.10 Å². The largest absolute Gasteiger partial charge is 0.366 e. The Kier molecular flexibility index (Phi) is 2.01. The Morgan fingerprint density at radius 3 is 3.00 bits per heavy atom. The van der Waals surface area contributed by atoms with Crippen molar-refractivity contribution in [1.29, 1.82) is 0 Å². The van der Waals surface area contributed by atoms with E-state index in [-0.39, 0.29) is 5.70 Å². The van der Waals surface area contributed by atoms with Gasteiger partial charge in [-0.1, -0.05) is 0 Å². The van der Waals surface area contributed by atoms with E-state index in [0.29, 0.717) is 11.3 Å². The zero-order valence-corrected chi connectivity index (χ0v) is 7.51. The minimum Gasteiger partial charge on any atom is -0.366 e. The fourth-order valence-corrected chi connectivity index (χ4v) is 1.51. The Morgan fingerprint density at radius 1 is 1.57 bits per heavy atom. The highest BCUT2D eigenvalue weighted by Crippen LogP contribution is 2.24. The molecule has 0 saturated heterocycles. The molecule has 1 heterocycles. The van der Waals surface area contributed by atoms with Crippen molar-refractivity contribution in [3.63, 3.8) is 0 Å². The number of nitrogens with zero attached hydrogens (tertiary/aromatic N) is 2. The van der Waals surface area contributed by atoms with Gasteiger partial charge in [-0.25, -0.2) is 0 Å². The van der Waals surface area contributed by atoms with Crippen LogP contribution in [0.5, 0.6) is 0 Å². The van der Waals surface area contributed by atoms with Crippen molar-refractivity contribution in [1.82, 2.24) is 0 Å². The molecule has 1 aliphatic carbocycles. The van der Waals surface area contributed by atoms with Gasteiger partial charge in [-0.05, 0) is 18.2 Å². The highest BCUT2D eigenvalue weighted by Gasteiger charge is 2.32. The predicted molar refractivity (Wildman–Crippen MR) is 50.5 cm³/mol. The lowest BCUT2D eigenvalue weighted by Crippen LogP contribution is -2.24. The molecule has 2 rings (SSSR count). The van der Waals surface area contributed by atoms with E-state index in [1.165, 1.54) is 7.11 Å². The Hall–Kier alpha value is -1.75. The molecule has 0 aromatic rings. The van der Waals surface area contributed by atoms with Crippen molar-refractivity contribution >= 4 is 5.71 Å². The highest BCUT2D eigenvalue weighted by atomic mass is 16.6. The summed E-state index contributed by atoms with van der Waals surface area (Å²) in [6.07, 6.45) is 5.96. The van der Waals surface area contributed by atoms with Gasteiger partial charge < -0.3 is 4.74 Å². The van der Waals surface area contributed by atoms with Crippen LogP contribution in [0.25, 0.3) is 0 Å². The van der Waals surface area contributed by atoms with E-state index in [4.69, 9.17) is 4.74 Å². The molecule has 0 aromatic heterocycles. The minimum atomic E-state index is -0.582. The fourth-order valence-electron chi connectivity index (χ4n) is 1.51. The second-order valence-corrected chi connectivity index (χ2v) is 2.90.